The first-order valence-corrected chi connectivity index (χ1v) is 6.52. The van der Waals surface area contributed by atoms with Crippen molar-refractivity contribution in [1.29, 1.82) is 0 Å². The summed E-state index contributed by atoms with van der Waals surface area (Å²) in [5.74, 6) is -1.79. The fourth-order valence-corrected chi connectivity index (χ4v) is 1.88. The van der Waals surface area contributed by atoms with E-state index in [1.54, 1.807) is 0 Å². The summed E-state index contributed by atoms with van der Waals surface area (Å²) in [5.41, 5.74) is 0.401. The average molecular weight is 294 g/mol. The summed E-state index contributed by atoms with van der Waals surface area (Å²) in [6.45, 7) is 1.42. The summed E-state index contributed by atoms with van der Waals surface area (Å²) in [6.07, 6.45) is -0.375. The Labute approximate surface area is 120 Å². The highest BCUT2D eigenvalue weighted by molar-refractivity contribution is 5.96. The number of nitrogens with one attached hydrogen (secondary N) is 2. The third-order valence-corrected chi connectivity index (χ3v) is 3.05. The van der Waals surface area contributed by atoms with Gasteiger partial charge in [-0.2, -0.15) is 0 Å². The van der Waals surface area contributed by atoms with Gasteiger partial charge in [-0.25, -0.2) is 9.18 Å². The van der Waals surface area contributed by atoms with Crippen molar-refractivity contribution in [2.75, 3.05) is 5.32 Å². The van der Waals surface area contributed by atoms with Crippen LogP contribution in [0, 0.1) is 5.82 Å². The van der Waals surface area contributed by atoms with Crippen molar-refractivity contribution in [3.63, 3.8) is 0 Å². The lowest BCUT2D eigenvalue weighted by Gasteiger charge is -2.16. The van der Waals surface area contributed by atoms with Crippen LogP contribution in [0.2, 0.25) is 0 Å². The van der Waals surface area contributed by atoms with Crippen molar-refractivity contribution < 1.29 is 23.5 Å². The molecule has 112 valence electrons. The molecule has 1 aliphatic rings. The number of halogens is 1. The number of carbonyl (C=O) groups is 3. The summed E-state index contributed by atoms with van der Waals surface area (Å²) >= 11 is 0. The molecule has 1 aliphatic heterocycles. The van der Waals surface area contributed by atoms with Gasteiger partial charge in [0.1, 0.15) is 11.9 Å². The molecule has 2 amide bonds. The number of anilines is 1. The number of rotatable bonds is 4. The highest BCUT2D eigenvalue weighted by Crippen LogP contribution is 2.12. The fraction of sp³-hybridized carbons (Fsp3) is 0.357. The maximum atomic E-state index is 12.7. The number of esters is 1. The average Bonchev–Trinajstić information content (AvgIpc) is 2.88. The largest absolute Gasteiger partial charge is 0.451 e. The minimum Gasteiger partial charge on any atom is -0.451 e. The van der Waals surface area contributed by atoms with Crippen LogP contribution < -0.4 is 10.6 Å². The molecule has 0 aromatic heterocycles. The van der Waals surface area contributed by atoms with Crippen LogP contribution in [0.25, 0.3) is 0 Å². The highest BCUT2D eigenvalue weighted by atomic mass is 19.1. The van der Waals surface area contributed by atoms with Crippen molar-refractivity contribution in [1.82, 2.24) is 5.32 Å². The van der Waals surface area contributed by atoms with E-state index in [1.165, 1.54) is 31.2 Å². The fourth-order valence-electron chi connectivity index (χ4n) is 1.88. The van der Waals surface area contributed by atoms with E-state index in [1.807, 2.05) is 0 Å². The predicted molar refractivity (Wildman–Crippen MR) is 71.7 cm³/mol. The molecule has 0 unspecified atom stereocenters. The number of carbonyl (C=O) groups excluding carboxylic acids is 3. The highest BCUT2D eigenvalue weighted by Gasteiger charge is 2.30. The molecule has 2 rings (SSSR count). The quantitative estimate of drug-likeness (QED) is 0.811. The van der Waals surface area contributed by atoms with E-state index in [0.29, 0.717) is 12.1 Å². The van der Waals surface area contributed by atoms with Crippen LogP contribution in [0.3, 0.4) is 0 Å². The SMILES string of the molecule is C[C@@H](OC(=O)[C@@H]1CCC(=O)N1)C(=O)Nc1ccc(F)cc1. The first-order valence-electron chi connectivity index (χ1n) is 6.52. The zero-order chi connectivity index (χ0) is 15.4. The van der Waals surface area contributed by atoms with E-state index in [-0.39, 0.29) is 12.3 Å². The van der Waals surface area contributed by atoms with E-state index in [4.69, 9.17) is 4.74 Å². The van der Waals surface area contributed by atoms with Gasteiger partial charge in [-0.3, -0.25) is 9.59 Å². The van der Waals surface area contributed by atoms with Crippen molar-refractivity contribution in [3.8, 4) is 0 Å². The molecule has 0 saturated carbocycles. The summed E-state index contributed by atoms with van der Waals surface area (Å²) in [5, 5.41) is 4.97. The number of ether oxygens (including phenoxy) is 1. The Hall–Kier alpha value is -2.44. The lowest BCUT2D eigenvalue weighted by molar-refractivity contribution is -0.155. The lowest BCUT2D eigenvalue weighted by atomic mass is 10.2. The number of benzene rings is 1. The molecule has 1 aromatic rings. The van der Waals surface area contributed by atoms with Crippen molar-refractivity contribution >= 4 is 23.5 Å². The van der Waals surface area contributed by atoms with E-state index < -0.39 is 29.8 Å². The molecular weight excluding hydrogens is 279 g/mol. The molecular formula is C14H15FN2O4. The topological polar surface area (TPSA) is 84.5 Å². The standard InChI is InChI=1S/C14H15FN2O4/c1-8(21-14(20)11-6-7-12(18)17-11)13(19)16-10-4-2-9(15)3-5-10/h2-5,8,11H,6-7H2,1H3,(H,16,19)(H,17,18)/t8-,11+/m1/s1. The number of hydrogen-bond acceptors (Lipinski definition) is 4. The number of hydrogen-bond donors (Lipinski definition) is 2. The summed E-state index contributed by atoms with van der Waals surface area (Å²) in [6, 6.07) is 4.53. The van der Waals surface area contributed by atoms with Gasteiger partial charge in [-0.05, 0) is 37.6 Å². The second-order valence-electron chi connectivity index (χ2n) is 4.73. The molecule has 2 atom stereocenters. The molecule has 1 fully saturated rings. The van der Waals surface area contributed by atoms with Crippen molar-refractivity contribution in [2.45, 2.75) is 31.9 Å². The monoisotopic (exact) mass is 294 g/mol. The summed E-state index contributed by atoms with van der Waals surface area (Å²) in [4.78, 5) is 34.6. The lowest BCUT2D eigenvalue weighted by Crippen LogP contribution is -2.39. The Bertz CT molecular complexity index is 559. The Balaban J connectivity index is 1.86. The van der Waals surface area contributed by atoms with Crippen LogP contribution >= 0.6 is 0 Å². The third kappa shape index (κ3) is 4.01. The summed E-state index contributed by atoms with van der Waals surface area (Å²) in [7, 11) is 0. The maximum Gasteiger partial charge on any atom is 0.329 e. The molecule has 1 aromatic carbocycles. The van der Waals surface area contributed by atoms with Crippen molar-refractivity contribution in [3.05, 3.63) is 30.1 Å². The van der Waals surface area contributed by atoms with Gasteiger partial charge in [-0.1, -0.05) is 0 Å². The Morgan fingerprint density at radius 3 is 2.62 bits per heavy atom. The maximum absolute atomic E-state index is 12.7. The minimum atomic E-state index is -1.01. The Morgan fingerprint density at radius 1 is 1.38 bits per heavy atom. The van der Waals surface area contributed by atoms with Crippen molar-refractivity contribution in [2.24, 2.45) is 0 Å². The molecule has 2 N–H and O–H groups in total. The summed E-state index contributed by atoms with van der Waals surface area (Å²) < 4.78 is 17.7. The van der Waals surface area contributed by atoms with Gasteiger partial charge >= 0.3 is 5.97 Å². The zero-order valence-corrected chi connectivity index (χ0v) is 11.4. The van der Waals surface area contributed by atoms with E-state index in [0.717, 1.165) is 0 Å². The zero-order valence-electron chi connectivity index (χ0n) is 11.4. The molecule has 0 spiro atoms. The molecule has 6 nitrogen and oxygen atoms in total. The number of amides is 2. The smallest absolute Gasteiger partial charge is 0.329 e. The van der Waals surface area contributed by atoms with Gasteiger partial charge in [0, 0.05) is 12.1 Å². The molecule has 0 radical (unpaired) electrons. The van der Waals surface area contributed by atoms with Crippen LogP contribution in [0.1, 0.15) is 19.8 Å². The van der Waals surface area contributed by atoms with E-state index in [9.17, 15) is 18.8 Å². The second-order valence-corrected chi connectivity index (χ2v) is 4.73. The van der Waals surface area contributed by atoms with E-state index in [2.05, 4.69) is 10.6 Å². The first kappa shape index (κ1) is 15.0. The van der Waals surface area contributed by atoms with Gasteiger partial charge in [0.15, 0.2) is 6.10 Å². The van der Waals surface area contributed by atoms with Crippen LogP contribution in [0.15, 0.2) is 24.3 Å². The van der Waals surface area contributed by atoms with Crippen LogP contribution in [0.4, 0.5) is 10.1 Å². The van der Waals surface area contributed by atoms with Gasteiger partial charge in [0.25, 0.3) is 5.91 Å². The minimum absolute atomic E-state index is 0.208. The van der Waals surface area contributed by atoms with Crippen LogP contribution in [-0.4, -0.2) is 29.9 Å². The molecule has 21 heavy (non-hydrogen) atoms. The van der Waals surface area contributed by atoms with Gasteiger partial charge in [-0.15, -0.1) is 0 Å². The predicted octanol–water partition coefficient (Wildman–Crippen LogP) is 0.974. The first-order chi connectivity index (χ1) is 9.95. The Kier molecular flexibility index (Phi) is 4.52. The molecule has 0 bridgehead atoms. The van der Waals surface area contributed by atoms with E-state index >= 15 is 0 Å². The van der Waals surface area contributed by atoms with Gasteiger partial charge in [0.2, 0.25) is 5.91 Å². The third-order valence-electron chi connectivity index (χ3n) is 3.05. The van der Waals surface area contributed by atoms with Crippen LogP contribution in [0.5, 0.6) is 0 Å². The molecule has 7 heteroatoms. The molecule has 0 aliphatic carbocycles. The van der Waals surface area contributed by atoms with Gasteiger partial charge in [0.05, 0.1) is 0 Å². The Morgan fingerprint density at radius 2 is 2.05 bits per heavy atom. The normalized spacial score (nSPS) is 18.8. The molecule has 1 saturated heterocycles. The van der Waals surface area contributed by atoms with Gasteiger partial charge < -0.3 is 15.4 Å². The van der Waals surface area contributed by atoms with Crippen LogP contribution in [-0.2, 0) is 19.1 Å². The second kappa shape index (κ2) is 6.34. The molecule has 1 heterocycles.